The van der Waals surface area contributed by atoms with Crippen LogP contribution in [0.25, 0.3) is 0 Å². The predicted octanol–water partition coefficient (Wildman–Crippen LogP) is 3.56. The Labute approximate surface area is 129 Å². The lowest BCUT2D eigenvalue weighted by molar-refractivity contribution is -0.143. The second-order valence-corrected chi connectivity index (χ2v) is 6.61. The van der Waals surface area contributed by atoms with Crippen molar-refractivity contribution >= 4 is 5.97 Å². The molecule has 1 aromatic carbocycles. The molecule has 0 amide bonds. The van der Waals surface area contributed by atoms with Crippen LogP contribution >= 0.6 is 0 Å². The molecular formula is C17H21FO4. The molecule has 1 aliphatic carbocycles. The van der Waals surface area contributed by atoms with E-state index >= 15 is 0 Å². The summed E-state index contributed by atoms with van der Waals surface area (Å²) in [5.41, 5.74) is -1.74. The summed E-state index contributed by atoms with van der Waals surface area (Å²) in [5.74, 6) is 0.128. The lowest BCUT2D eigenvalue weighted by Gasteiger charge is -2.32. The van der Waals surface area contributed by atoms with Crippen LogP contribution in [0.1, 0.15) is 50.7 Å². The highest BCUT2D eigenvalue weighted by atomic mass is 19.1. The zero-order valence-electron chi connectivity index (χ0n) is 12.9. The van der Waals surface area contributed by atoms with Crippen LogP contribution in [0, 0.1) is 0 Å². The van der Waals surface area contributed by atoms with Gasteiger partial charge in [0.25, 0.3) is 0 Å². The van der Waals surface area contributed by atoms with Crippen molar-refractivity contribution in [1.29, 1.82) is 0 Å². The third-order valence-corrected chi connectivity index (χ3v) is 4.70. The number of carboxylic acids is 1. The maximum atomic E-state index is 14.7. The molecule has 0 radical (unpaired) electrons. The minimum absolute atomic E-state index is 0.390. The van der Waals surface area contributed by atoms with Crippen LogP contribution in [0.4, 0.5) is 4.39 Å². The van der Waals surface area contributed by atoms with Gasteiger partial charge in [-0.05, 0) is 49.9 Å². The van der Waals surface area contributed by atoms with Gasteiger partial charge in [-0.25, -0.2) is 4.39 Å². The number of hydrogen-bond acceptors (Lipinski definition) is 3. The average molecular weight is 308 g/mol. The first-order valence-corrected chi connectivity index (χ1v) is 7.71. The fourth-order valence-electron chi connectivity index (χ4n) is 3.55. The van der Waals surface area contributed by atoms with Gasteiger partial charge in [0.2, 0.25) is 0 Å². The zero-order valence-corrected chi connectivity index (χ0v) is 12.9. The smallest absolute Gasteiger partial charge is 0.314 e. The van der Waals surface area contributed by atoms with Crippen molar-refractivity contribution in [2.45, 2.75) is 50.6 Å². The molecule has 1 heterocycles. The van der Waals surface area contributed by atoms with E-state index in [1.807, 2.05) is 0 Å². The summed E-state index contributed by atoms with van der Waals surface area (Å²) in [4.78, 5) is 12.0. The third kappa shape index (κ3) is 2.32. The largest absolute Gasteiger partial charge is 0.486 e. The first kappa shape index (κ1) is 15.1. The van der Waals surface area contributed by atoms with Gasteiger partial charge in [0.1, 0.15) is 18.9 Å². The summed E-state index contributed by atoms with van der Waals surface area (Å²) < 4.78 is 25.9. The molecule has 1 N–H and O–H groups in total. The Kier molecular flexibility index (Phi) is 3.54. The molecule has 0 bridgehead atoms. The molecule has 0 spiro atoms. The first-order valence-electron chi connectivity index (χ1n) is 7.71. The molecule has 120 valence electrons. The molecule has 0 atom stereocenters. The molecule has 1 aliphatic heterocycles. The lowest BCUT2D eigenvalue weighted by Crippen LogP contribution is -2.35. The van der Waals surface area contributed by atoms with Crippen LogP contribution in [0.5, 0.6) is 11.5 Å². The number of halogens is 1. The molecule has 4 nitrogen and oxygen atoms in total. The van der Waals surface area contributed by atoms with Crippen molar-refractivity contribution in [2.24, 2.45) is 0 Å². The van der Waals surface area contributed by atoms with Crippen molar-refractivity contribution in [1.82, 2.24) is 0 Å². The van der Waals surface area contributed by atoms with Gasteiger partial charge in [-0.1, -0.05) is 12.8 Å². The van der Waals surface area contributed by atoms with E-state index < -0.39 is 17.1 Å². The zero-order chi connectivity index (χ0) is 16.0. The Bertz CT molecular complexity index is 597. The molecule has 3 rings (SSSR count). The van der Waals surface area contributed by atoms with Gasteiger partial charge in [-0.2, -0.15) is 0 Å². The Balaban J connectivity index is 2.22. The van der Waals surface area contributed by atoms with E-state index in [0.29, 0.717) is 48.7 Å². The quantitative estimate of drug-likeness (QED) is 0.927. The van der Waals surface area contributed by atoms with Gasteiger partial charge in [-0.15, -0.1) is 0 Å². The van der Waals surface area contributed by atoms with Crippen LogP contribution in [-0.2, 0) is 15.9 Å². The Hall–Kier alpha value is -1.78. The molecule has 1 aromatic rings. The predicted molar refractivity (Wildman–Crippen MR) is 79.3 cm³/mol. The highest BCUT2D eigenvalue weighted by Crippen LogP contribution is 2.49. The molecular weight excluding hydrogens is 287 g/mol. The second kappa shape index (κ2) is 5.14. The Morgan fingerprint density at radius 3 is 2.23 bits per heavy atom. The highest BCUT2D eigenvalue weighted by molar-refractivity contribution is 5.83. The lowest BCUT2D eigenvalue weighted by atomic mass is 9.74. The van der Waals surface area contributed by atoms with E-state index in [4.69, 9.17) is 9.47 Å². The Morgan fingerprint density at radius 1 is 1.18 bits per heavy atom. The van der Waals surface area contributed by atoms with Gasteiger partial charge in [-0.3, -0.25) is 4.79 Å². The van der Waals surface area contributed by atoms with Crippen molar-refractivity contribution in [3.05, 3.63) is 23.3 Å². The van der Waals surface area contributed by atoms with E-state index in [2.05, 4.69) is 0 Å². The van der Waals surface area contributed by atoms with E-state index in [-0.39, 0.29) is 0 Å². The molecule has 1 saturated carbocycles. The number of ether oxygens (including phenoxy) is 2. The molecule has 1 fully saturated rings. The van der Waals surface area contributed by atoms with Crippen LogP contribution in [0.3, 0.4) is 0 Å². The van der Waals surface area contributed by atoms with E-state index in [1.54, 1.807) is 12.1 Å². The fourth-order valence-corrected chi connectivity index (χ4v) is 3.55. The molecule has 0 saturated heterocycles. The van der Waals surface area contributed by atoms with Gasteiger partial charge in [0.05, 0.1) is 5.41 Å². The Morgan fingerprint density at radius 2 is 1.73 bits per heavy atom. The number of carboxylic acid groups (broad SMARTS) is 1. The summed E-state index contributed by atoms with van der Waals surface area (Å²) in [6.45, 7) is 3.74. The van der Waals surface area contributed by atoms with Gasteiger partial charge < -0.3 is 14.6 Å². The number of carbonyl (C=O) groups is 1. The molecule has 0 unspecified atom stereocenters. The summed E-state index contributed by atoms with van der Waals surface area (Å²) in [7, 11) is 0. The number of fused-ring (bicyclic) bond motifs is 1. The SMILES string of the molecule is CC(C)(F)c1cc2c(cc1C1(C(=O)O)CCCC1)OCCO2. The molecule has 2 aliphatic rings. The van der Waals surface area contributed by atoms with Crippen molar-refractivity contribution in [3.63, 3.8) is 0 Å². The first-order chi connectivity index (χ1) is 10.3. The number of hydrogen-bond donors (Lipinski definition) is 1. The van der Waals surface area contributed by atoms with E-state index in [1.165, 1.54) is 13.8 Å². The second-order valence-electron chi connectivity index (χ2n) is 6.61. The van der Waals surface area contributed by atoms with Gasteiger partial charge >= 0.3 is 5.97 Å². The van der Waals surface area contributed by atoms with Crippen LogP contribution in [-0.4, -0.2) is 24.3 Å². The van der Waals surface area contributed by atoms with Crippen LogP contribution < -0.4 is 9.47 Å². The summed E-state index contributed by atoms with van der Waals surface area (Å²) >= 11 is 0. The summed E-state index contributed by atoms with van der Waals surface area (Å²) in [6, 6.07) is 3.30. The van der Waals surface area contributed by atoms with Crippen molar-refractivity contribution < 1.29 is 23.8 Å². The van der Waals surface area contributed by atoms with Gasteiger partial charge in [0.15, 0.2) is 11.5 Å². The monoisotopic (exact) mass is 308 g/mol. The normalized spacial score (nSPS) is 20.0. The maximum Gasteiger partial charge on any atom is 0.314 e. The topological polar surface area (TPSA) is 55.8 Å². The average Bonchev–Trinajstić information content (AvgIpc) is 2.95. The van der Waals surface area contributed by atoms with E-state index in [0.717, 1.165) is 12.8 Å². The number of alkyl halides is 1. The highest BCUT2D eigenvalue weighted by Gasteiger charge is 2.46. The number of benzene rings is 1. The molecule has 0 aromatic heterocycles. The fraction of sp³-hybridized carbons (Fsp3) is 0.588. The van der Waals surface area contributed by atoms with Crippen molar-refractivity contribution in [2.75, 3.05) is 13.2 Å². The summed E-state index contributed by atoms with van der Waals surface area (Å²) in [5, 5.41) is 9.82. The minimum atomic E-state index is -1.64. The number of rotatable bonds is 3. The van der Waals surface area contributed by atoms with E-state index in [9.17, 15) is 14.3 Å². The summed E-state index contributed by atoms with van der Waals surface area (Å²) in [6.07, 6.45) is 2.75. The maximum absolute atomic E-state index is 14.7. The number of aliphatic carboxylic acids is 1. The van der Waals surface area contributed by atoms with Crippen LogP contribution in [0.2, 0.25) is 0 Å². The standard InChI is InChI=1S/C17H21FO4/c1-16(2,18)11-9-13-14(22-8-7-21-13)10-12(11)17(15(19)20)5-3-4-6-17/h9-10H,3-8H2,1-2H3,(H,19,20). The molecule has 22 heavy (non-hydrogen) atoms. The third-order valence-electron chi connectivity index (χ3n) is 4.70. The molecule has 5 heteroatoms. The van der Waals surface area contributed by atoms with Gasteiger partial charge in [0, 0.05) is 0 Å². The van der Waals surface area contributed by atoms with Crippen molar-refractivity contribution in [3.8, 4) is 11.5 Å². The van der Waals surface area contributed by atoms with Crippen LogP contribution in [0.15, 0.2) is 12.1 Å². The minimum Gasteiger partial charge on any atom is -0.486 e.